The van der Waals surface area contributed by atoms with Crippen LogP contribution in [0.1, 0.15) is 35.7 Å². The molecule has 0 aliphatic heterocycles. The number of carbonyl (C=O) groups excluding carboxylic acids is 1. The number of aromatic nitrogens is 2. The Morgan fingerprint density at radius 3 is 2.60 bits per heavy atom. The minimum absolute atomic E-state index is 0.0576. The molecule has 0 N–H and O–H groups in total. The van der Waals surface area contributed by atoms with E-state index in [4.69, 9.17) is 0 Å². The van der Waals surface area contributed by atoms with Crippen LogP contribution in [0, 0.1) is 0 Å². The number of hydrogen-bond donors (Lipinski definition) is 0. The number of rotatable bonds is 3. The molecule has 0 amide bonds. The number of sulfone groups is 1. The van der Waals surface area contributed by atoms with E-state index in [-0.39, 0.29) is 16.6 Å². The molecular weight excluding hydrogens is 216 g/mol. The molecule has 1 aromatic heterocycles. The fraction of sp³-hybridized carbons (Fsp3) is 0.556. The van der Waals surface area contributed by atoms with Gasteiger partial charge in [0.25, 0.3) is 0 Å². The highest BCUT2D eigenvalue weighted by Crippen LogP contribution is 2.33. The van der Waals surface area contributed by atoms with Crippen molar-refractivity contribution in [3.63, 3.8) is 0 Å². The Kier molecular flexibility index (Phi) is 2.38. The summed E-state index contributed by atoms with van der Waals surface area (Å²) in [6.45, 7) is 0. The third-order valence-electron chi connectivity index (χ3n) is 2.68. The van der Waals surface area contributed by atoms with Crippen LogP contribution in [0.5, 0.6) is 0 Å². The second-order valence-electron chi connectivity index (χ2n) is 3.82. The van der Waals surface area contributed by atoms with Gasteiger partial charge in [-0.2, -0.15) is 5.10 Å². The standard InChI is InChI=1S/C9H12N2O3S/c1-15(13,14)9-7(6-12)5-10-11(9)8-3-2-4-8/h5-6,8H,2-4H2,1H3. The lowest BCUT2D eigenvalue weighted by molar-refractivity contribution is 0.111. The van der Waals surface area contributed by atoms with E-state index in [9.17, 15) is 13.2 Å². The zero-order chi connectivity index (χ0) is 11.1. The lowest BCUT2D eigenvalue weighted by atomic mass is 9.93. The molecule has 5 nitrogen and oxygen atoms in total. The van der Waals surface area contributed by atoms with Gasteiger partial charge in [0.15, 0.2) is 21.1 Å². The molecule has 1 fully saturated rings. The van der Waals surface area contributed by atoms with E-state index < -0.39 is 9.84 Å². The van der Waals surface area contributed by atoms with Crippen LogP contribution >= 0.6 is 0 Å². The quantitative estimate of drug-likeness (QED) is 0.718. The van der Waals surface area contributed by atoms with Crippen LogP contribution in [0.25, 0.3) is 0 Å². The molecule has 0 saturated heterocycles. The number of hydrogen-bond acceptors (Lipinski definition) is 4. The molecular formula is C9H12N2O3S. The maximum atomic E-state index is 11.5. The van der Waals surface area contributed by atoms with Crippen LogP contribution in [-0.2, 0) is 9.84 Å². The zero-order valence-electron chi connectivity index (χ0n) is 8.38. The summed E-state index contributed by atoms with van der Waals surface area (Å²) in [5.74, 6) is 0. The molecule has 1 aromatic rings. The fourth-order valence-electron chi connectivity index (χ4n) is 1.72. The van der Waals surface area contributed by atoms with Crippen molar-refractivity contribution < 1.29 is 13.2 Å². The summed E-state index contributed by atoms with van der Waals surface area (Å²) in [5.41, 5.74) is 0.157. The summed E-state index contributed by atoms with van der Waals surface area (Å²) >= 11 is 0. The summed E-state index contributed by atoms with van der Waals surface area (Å²) < 4.78 is 24.5. The molecule has 1 aliphatic rings. The lowest BCUT2D eigenvalue weighted by Crippen LogP contribution is -2.22. The van der Waals surface area contributed by atoms with Gasteiger partial charge in [-0.05, 0) is 19.3 Å². The third-order valence-corrected chi connectivity index (χ3v) is 3.80. The van der Waals surface area contributed by atoms with Gasteiger partial charge >= 0.3 is 0 Å². The Balaban J connectivity index is 2.55. The Morgan fingerprint density at radius 2 is 2.20 bits per heavy atom. The molecule has 0 atom stereocenters. The van der Waals surface area contributed by atoms with Gasteiger partial charge in [-0.15, -0.1) is 0 Å². The lowest BCUT2D eigenvalue weighted by Gasteiger charge is -2.26. The molecule has 15 heavy (non-hydrogen) atoms. The second kappa shape index (κ2) is 3.44. The van der Waals surface area contributed by atoms with Crippen molar-refractivity contribution in [3.05, 3.63) is 11.8 Å². The zero-order valence-corrected chi connectivity index (χ0v) is 9.20. The van der Waals surface area contributed by atoms with E-state index in [0.717, 1.165) is 25.5 Å². The third kappa shape index (κ3) is 1.69. The minimum atomic E-state index is -3.38. The molecule has 1 saturated carbocycles. The molecule has 6 heteroatoms. The first-order valence-electron chi connectivity index (χ1n) is 4.77. The number of aldehydes is 1. The maximum Gasteiger partial charge on any atom is 0.193 e. The van der Waals surface area contributed by atoms with Crippen LogP contribution in [0.4, 0.5) is 0 Å². The predicted molar refractivity (Wildman–Crippen MR) is 53.6 cm³/mol. The van der Waals surface area contributed by atoms with Gasteiger partial charge in [-0.1, -0.05) is 0 Å². The summed E-state index contributed by atoms with van der Waals surface area (Å²) in [4.78, 5) is 10.7. The van der Waals surface area contributed by atoms with E-state index in [0.29, 0.717) is 6.29 Å². The van der Waals surface area contributed by atoms with Crippen molar-refractivity contribution in [3.8, 4) is 0 Å². The van der Waals surface area contributed by atoms with Crippen LogP contribution in [0.15, 0.2) is 11.2 Å². The van der Waals surface area contributed by atoms with Crippen LogP contribution in [0.2, 0.25) is 0 Å². The van der Waals surface area contributed by atoms with Gasteiger partial charge in [-0.25, -0.2) is 8.42 Å². The van der Waals surface area contributed by atoms with Crippen molar-refractivity contribution in [1.29, 1.82) is 0 Å². The van der Waals surface area contributed by atoms with Crippen molar-refractivity contribution in [2.24, 2.45) is 0 Å². The SMILES string of the molecule is CS(=O)(=O)c1c(C=O)cnn1C1CCC1. The minimum Gasteiger partial charge on any atom is -0.298 e. The van der Waals surface area contributed by atoms with E-state index in [1.165, 1.54) is 10.9 Å². The summed E-state index contributed by atoms with van der Waals surface area (Å²) in [6, 6.07) is 0.142. The molecule has 82 valence electrons. The summed E-state index contributed by atoms with van der Waals surface area (Å²) in [7, 11) is -3.38. The average Bonchev–Trinajstić information content (AvgIpc) is 2.43. The van der Waals surface area contributed by atoms with Gasteiger partial charge in [0.05, 0.1) is 17.8 Å². The highest BCUT2D eigenvalue weighted by Gasteiger charge is 2.28. The van der Waals surface area contributed by atoms with Gasteiger partial charge in [0, 0.05) is 6.26 Å². The molecule has 1 heterocycles. The van der Waals surface area contributed by atoms with E-state index in [1.807, 2.05) is 0 Å². The number of nitrogens with zero attached hydrogens (tertiary/aromatic N) is 2. The van der Waals surface area contributed by atoms with Crippen LogP contribution in [0.3, 0.4) is 0 Å². The molecule has 2 rings (SSSR count). The first kappa shape index (κ1) is 10.4. The number of carbonyl (C=O) groups is 1. The Morgan fingerprint density at radius 1 is 1.53 bits per heavy atom. The van der Waals surface area contributed by atoms with Crippen LogP contribution < -0.4 is 0 Å². The van der Waals surface area contributed by atoms with Crippen molar-refractivity contribution in [1.82, 2.24) is 9.78 Å². The summed E-state index contributed by atoms with van der Waals surface area (Å²) in [6.07, 6.45) is 5.92. The Hall–Kier alpha value is -1.17. The van der Waals surface area contributed by atoms with Crippen molar-refractivity contribution >= 4 is 16.1 Å². The average molecular weight is 228 g/mol. The van der Waals surface area contributed by atoms with Crippen molar-refractivity contribution in [2.45, 2.75) is 30.3 Å². The van der Waals surface area contributed by atoms with Gasteiger partial charge in [-0.3, -0.25) is 9.48 Å². The molecule has 0 aromatic carbocycles. The molecule has 0 radical (unpaired) electrons. The Bertz CT molecular complexity index is 485. The van der Waals surface area contributed by atoms with E-state index in [2.05, 4.69) is 5.10 Å². The van der Waals surface area contributed by atoms with Gasteiger partial charge in [0.2, 0.25) is 0 Å². The van der Waals surface area contributed by atoms with Crippen molar-refractivity contribution in [2.75, 3.05) is 6.26 Å². The van der Waals surface area contributed by atoms with E-state index >= 15 is 0 Å². The molecule has 0 unspecified atom stereocenters. The summed E-state index contributed by atoms with van der Waals surface area (Å²) in [5, 5.41) is 4.04. The first-order chi connectivity index (χ1) is 7.04. The van der Waals surface area contributed by atoms with Gasteiger partial charge in [0.1, 0.15) is 0 Å². The molecule has 0 spiro atoms. The van der Waals surface area contributed by atoms with Crippen LogP contribution in [-0.4, -0.2) is 30.7 Å². The largest absolute Gasteiger partial charge is 0.298 e. The molecule has 0 bridgehead atoms. The monoisotopic (exact) mass is 228 g/mol. The maximum absolute atomic E-state index is 11.5. The normalized spacial score (nSPS) is 17.4. The Labute approximate surface area is 88.0 Å². The van der Waals surface area contributed by atoms with E-state index in [1.54, 1.807) is 0 Å². The predicted octanol–water partition coefficient (Wildman–Crippen LogP) is 0.824. The topological polar surface area (TPSA) is 69.0 Å². The molecule has 1 aliphatic carbocycles. The highest BCUT2D eigenvalue weighted by atomic mass is 32.2. The second-order valence-corrected chi connectivity index (χ2v) is 5.76. The highest BCUT2D eigenvalue weighted by molar-refractivity contribution is 7.90. The first-order valence-corrected chi connectivity index (χ1v) is 6.66. The smallest absolute Gasteiger partial charge is 0.193 e. The van der Waals surface area contributed by atoms with Gasteiger partial charge < -0.3 is 0 Å². The fourth-order valence-corrected chi connectivity index (χ4v) is 2.79.